The lowest BCUT2D eigenvalue weighted by Gasteiger charge is -2.03. The van der Waals surface area contributed by atoms with Gasteiger partial charge in [-0.05, 0) is 49.6 Å². The van der Waals surface area contributed by atoms with E-state index in [0.717, 1.165) is 32.8 Å². The number of nitrogens with zero attached hydrogens (tertiary/aromatic N) is 2. The molecule has 0 spiro atoms. The Balaban J connectivity index is 1.55. The van der Waals surface area contributed by atoms with Gasteiger partial charge < -0.3 is 10.1 Å². The van der Waals surface area contributed by atoms with E-state index in [2.05, 4.69) is 35.2 Å². The number of hydrogen-bond acceptors (Lipinski definition) is 7. The molecule has 0 atom stereocenters. The average molecular weight is 400 g/mol. The Morgan fingerprint density at radius 1 is 1.08 bits per heavy atom. The number of fused-ring (bicyclic) bond motifs is 1. The summed E-state index contributed by atoms with van der Waals surface area (Å²) in [5.74, 6) is 0.879. The lowest BCUT2D eigenvalue weighted by Crippen LogP contribution is -1.91. The Bertz CT molecular complexity index is 1020. The van der Waals surface area contributed by atoms with Crippen LogP contribution in [0.5, 0.6) is 5.75 Å². The van der Waals surface area contributed by atoms with Crippen molar-refractivity contribution in [2.24, 2.45) is 0 Å². The van der Waals surface area contributed by atoms with Crippen LogP contribution in [0.2, 0.25) is 0 Å². The molecule has 0 saturated carbocycles. The van der Waals surface area contributed by atoms with Gasteiger partial charge in [-0.15, -0.1) is 23.1 Å². The molecule has 4 aromatic rings. The summed E-state index contributed by atoms with van der Waals surface area (Å²) in [6.07, 6.45) is 2.07. The van der Waals surface area contributed by atoms with Gasteiger partial charge in [0.2, 0.25) is 0 Å². The normalized spacial score (nSPS) is 11.0. The van der Waals surface area contributed by atoms with E-state index in [1.165, 1.54) is 9.60 Å². The summed E-state index contributed by atoms with van der Waals surface area (Å²) >= 11 is 4.95. The van der Waals surface area contributed by atoms with Crippen LogP contribution >= 0.6 is 34.4 Å². The van der Waals surface area contributed by atoms with Crippen molar-refractivity contribution >= 4 is 54.9 Å². The molecule has 0 aliphatic carbocycles. The smallest absolute Gasteiger partial charge is 0.190 e. The second kappa shape index (κ2) is 7.65. The predicted molar refractivity (Wildman–Crippen MR) is 113 cm³/mol. The minimum Gasteiger partial charge on any atom is -0.494 e. The van der Waals surface area contributed by atoms with E-state index in [-0.39, 0.29) is 0 Å². The van der Waals surface area contributed by atoms with E-state index < -0.39 is 0 Å². The Kier molecular flexibility index (Phi) is 5.10. The van der Waals surface area contributed by atoms with Gasteiger partial charge in [-0.2, -0.15) is 0 Å². The maximum Gasteiger partial charge on any atom is 0.190 e. The molecule has 0 unspecified atom stereocenters. The number of aromatic nitrogens is 2. The van der Waals surface area contributed by atoms with E-state index in [9.17, 15) is 0 Å². The van der Waals surface area contributed by atoms with Crippen LogP contribution in [0.4, 0.5) is 10.3 Å². The molecule has 0 saturated heterocycles. The minimum absolute atomic E-state index is 0.671. The summed E-state index contributed by atoms with van der Waals surface area (Å²) < 4.78 is 6.67. The average Bonchev–Trinajstić information content (AvgIpc) is 3.29. The molecule has 0 radical (unpaired) electrons. The van der Waals surface area contributed by atoms with Crippen molar-refractivity contribution in [3.05, 3.63) is 47.8 Å². The number of hydrogen-bond donors (Lipinski definition) is 1. The van der Waals surface area contributed by atoms with Crippen LogP contribution in [0.25, 0.3) is 21.5 Å². The van der Waals surface area contributed by atoms with Crippen molar-refractivity contribution in [1.29, 1.82) is 0 Å². The van der Waals surface area contributed by atoms with Crippen LogP contribution in [0.1, 0.15) is 6.92 Å². The highest BCUT2D eigenvalue weighted by Crippen LogP contribution is 2.35. The van der Waals surface area contributed by atoms with E-state index in [1.807, 2.05) is 31.2 Å². The molecule has 7 heteroatoms. The van der Waals surface area contributed by atoms with Crippen LogP contribution in [0.3, 0.4) is 0 Å². The summed E-state index contributed by atoms with van der Waals surface area (Å²) in [7, 11) is 0. The first-order valence-electron chi connectivity index (χ1n) is 8.16. The summed E-state index contributed by atoms with van der Waals surface area (Å²) in [6, 6.07) is 14.3. The van der Waals surface area contributed by atoms with Gasteiger partial charge >= 0.3 is 0 Å². The molecule has 0 fully saturated rings. The van der Waals surface area contributed by atoms with Gasteiger partial charge in [0.15, 0.2) is 10.3 Å². The molecule has 0 aliphatic rings. The molecule has 1 N–H and O–H groups in total. The third kappa shape index (κ3) is 3.56. The highest BCUT2D eigenvalue weighted by molar-refractivity contribution is 7.98. The molecule has 4 rings (SSSR count). The van der Waals surface area contributed by atoms with Crippen LogP contribution in [0.15, 0.2) is 52.7 Å². The number of thioether (sulfide) groups is 1. The first kappa shape index (κ1) is 17.3. The maximum atomic E-state index is 5.49. The quantitative estimate of drug-likeness (QED) is 0.386. The van der Waals surface area contributed by atoms with Gasteiger partial charge in [-0.25, -0.2) is 9.97 Å². The number of rotatable bonds is 6. The first-order valence-corrected chi connectivity index (χ1v) is 11.1. The molecular formula is C19H17N3OS3. The number of para-hydroxylation sites is 1. The molecular weight excluding hydrogens is 382 g/mol. The number of nitrogens with one attached hydrogen (secondary N) is 1. The standard InChI is InChI=1S/C19H17N3OS3/c1-3-23-13-9-7-12(8-10-13)14-11-25-18(20-14)22-19-21-17-15(24-2)5-4-6-16(17)26-19/h4-11H,3H2,1-2H3,(H,20,21,22). The maximum absolute atomic E-state index is 5.49. The molecule has 132 valence electrons. The molecule has 4 nitrogen and oxygen atoms in total. The van der Waals surface area contributed by atoms with Crippen LogP contribution in [-0.2, 0) is 0 Å². The number of ether oxygens (including phenoxy) is 1. The summed E-state index contributed by atoms with van der Waals surface area (Å²) in [6.45, 7) is 2.65. The predicted octanol–water partition coefficient (Wildman–Crippen LogP) is 6.28. The Labute approximate surface area is 164 Å². The van der Waals surface area contributed by atoms with Crippen molar-refractivity contribution in [1.82, 2.24) is 9.97 Å². The second-order valence-corrected chi connectivity index (χ2v) is 8.18. The van der Waals surface area contributed by atoms with Crippen LogP contribution < -0.4 is 10.1 Å². The zero-order valence-electron chi connectivity index (χ0n) is 14.4. The van der Waals surface area contributed by atoms with Gasteiger partial charge in [-0.1, -0.05) is 17.4 Å². The summed E-state index contributed by atoms with van der Waals surface area (Å²) in [5.41, 5.74) is 3.08. The molecule has 0 aliphatic heterocycles. The SMILES string of the molecule is CCOc1ccc(-c2csc(Nc3nc4c(SC)cccc4s3)n2)cc1. The lowest BCUT2D eigenvalue weighted by atomic mass is 10.2. The van der Waals surface area contributed by atoms with Crippen molar-refractivity contribution < 1.29 is 4.74 Å². The Morgan fingerprint density at radius 3 is 2.69 bits per heavy atom. The largest absolute Gasteiger partial charge is 0.494 e. The zero-order chi connectivity index (χ0) is 17.9. The van der Waals surface area contributed by atoms with E-state index in [4.69, 9.17) is 14.7 Å². The van der Waals surface area contributed by atoms with Gasteiger partial charge in [-0.3, -0.25) is 0 Å². The Morgan fingerprint density at radius 2 is 1.92 bits per heavy atom. The van der Waals surface area contributed by atoms with E-state index >= 15 is 0 Å². The lowest BCUT2D eigenvalue weighted by molar-refractivity contribution is 0.340. The number of anilines is 2. The van der Waals surface area contributed by atoms with Gasteiger partial charge in [0.25, 0.3) is 0 Å². The van der Waals surface area contributed by atoms with Gasteiger partial charge in [0, 0.05) is 15.8 Å². The number of benzene rings is 2. The van der Waals surface area contributed by atoms with Crippen molar-refractivity contribution in [3.8, 4) is 17.0 Å². The minimum atomic E-state index is 0.671. The van der Waals surface area contributed by atoms with Gasteiger partial charge in [0.1, 0.15) is 5.75 Å². The molecule has 0 bridgehead atoms. The Hall–Kier alpha value is -2.09. The van der Waals surface area contributed by atoms with Crippen molar-refractivity contribution in [2.45, 2.75) is 11.8 Å². The topological polar surface area (TPSA) is 47.0 Å². The van der Waals surface area contributed by atoms with E-state index in [1.54, 1.807) is 34.4 Å². The number of thiazole rings is 2. The first-order chi connectivity index (χ1) is 12.8. The van der Waals surface area contributed by atoms with Crippen molar-refractivity contribution in [2.75, 3.05) is 18.2 Å². The summed E-state index contributed by atoms with van der Waals surface area (Å²) in [4.78, 5) is 10.6. The third-order valence-electron chi connectivity index (χ3n) is 3.78. The van der Waals surface area contributed by atoms with Crippen LogP contribution in [0, 0.1) is 0 Å². The van der Waals surface area contributed by atoms with Crippen molar-refractivity contribution in [3.63, 3.8) is 0 Å². The summed E-state index contributed by atoms with van der Waals surface area (Å²) in [5, 5.41) is 7.12. The molecule has 2 aromatic carbocycles. The molecule has 0 amide bonds. The third-order valence-corrected chi connectivity index (χ3v) is 6.24. The second-order valence-electron chi connectivity index (χ2n) is 5.45. The van der Waals surface area contributed by atoms with Gasteiger partial charge in [0.05, 0.1) is 22.5 Å². The fourth-order valence-electron chi connectivity index (χ4n) is 2.59. The molecule has 2 heterocycles. The molecule has 2 aromatic heterocycles. The zero-order valence-corrected chi connectivity index (χ0v) is 16.8. The van der Waals surface area contributed by atoms with E-state index in [0.29, 0.717) is 6.61 Å². The fourth-order valence-corrected chi connectivity index (χ4v) is 4.89. The fraction of sp³-hybridized carbons (Fsp3) is 0.158. The highest BCUT2D eigenvalue weighted by atomic mass is 32.2. The highest BCUT2D eigenvalue weighted by Gasteiger charge is 2.10. The molecule has 26 heavy (non-hydrogen) atoms. The van der Waals surface area contributed by atoms with Crippen LogP contribution in [-0.4, -0.2) is 22.8 Å². The monoisotopic (exact) mass is 399 g/mol.